The number of hydrogen-bond donors (Lipinski definition) is 2. The first-order chi connectivity index (χ1) is 11.1. The van der Waals surface area contributed by atoms with Crippen LogP contribution in [0.3, 0.4) is 0 Å². The van der Waals surface area contributed by atoms with E-state index in [9.17, 15) is 0 Å². The van der Waals surface area contributed by atoms with Crippen molar-refractivity contribution >= 4 is 41.3 Å². The highest BCUT2D eigenvalue weighted by Gasteiger charge is 2.07. The molecule has 0 aliphatic carbocycles. The molecule has 1 heterocycles. The number of ether oxygens (including phenoxy) is 1. The largest absolute Gasteiger partial charge is 0.496 e. The van der Waals surface area contributed by atoms with Gasteiger partial charge in [0.2, 0.25) is 0 Å². The maximum absolute atomic E-state index is 5.36. The van der Waals surface area contributed by atoms with Gasteiger partial charge in [-0.25, -0.2) is 4.98 Å². The van der Waals surface area contributed by atoms with E-state index in [1.54, 1.807) is 25.5 Å². The predicted octanol–water partition coefficient (Wildman–Crippen LogP) is 3.76. The Kier molecular flexibility index (Phi) is 9.05. The Hall–Kier alpha value is -1.35. The Labute approximate surface area is 165 Å². The fourth-order valence-electron chi connectivity index (χ4n) is 2.09. The first-order valence-electron chi connectivity index (χ1n) is 7.64. The average Bonchev–Trinajstić information content (AvgIpc) is 3.04. The molecule has 24 heavy (non-hydrogen) atoms. The third-order valence-corrected chi connectivity index (χ3v) is 4.56. The summed E-state index contributed by atoms with van der Waals surface area (Å²) in [5, 5.41) is 9.84. The minimum atomic E-state index is 0. The fourth-order valence-corrected chi connectivity index (χ4v) is 2.93. The topological polar surface area (TPSA) is 58.5 Å². The van der Waals surface area contributed by atoms with Crippen LogP contribution in [0.1, 0.15) is 36.0 Å². The summed E-state index contributed by atoms with van der Waals surface area (Å²) in [5.74, 6) is 2.09. The Balaban J connectivity index is 0.00000288. The summed E-state index contributed by atoms with van der Waals surface area (Å²) in [6.45, 7) is 5.63. The Morgan fingerprint density at radius 2 is 1.96 bits per heavy atom. The maximum atomic E-state index is 5.36. The van der Waals surface area contributed by atoms with Crippen molar-refractivity contribution in [2.75, 3.05) is 14.2 Å². The van der Waals surface area contributed by atoms with Crippen molar-refractivity contribution in [3.8, 4) is 5.75 Å². The number of aromatic nitrogens is 1. The van der Waals surface area contributed by atoms with Gasteiger partial charge in [-0.1, -0.05) is 32.0 Å². The number of para-hydroxylation sites is 1. The molecule has 7 heteroatoms. The zero-order valence-electron chi connectivity index (χ0n) is 14.5. The number of methoxy groups -OCH3 is 1. The molecule has 0 atom stereocenters. The molecule has 0 aliphatic rings. The molecule has 2 aromatic rings. The second-order valence-corrected chi connectivity index (χ2v) is 6.31. The molecular formula is C17H25IN4OS. The molecule has 0 spiro atoms. The lowest BCUT2D eigenvalue weighted by molar-refractivity contribution is 0.409. The molecule has 0 aliphatic heterocycles. The lowest BCUT2D eigenvalue weighted by Crippen LogP contribution is -2.36. The number of nitrogens with zero attached hydrogens (tertiary/aromatic N) is 2. The van der Waals surface area contributed by atoms with Crippen LogP contribution >= 0.6 is 35.3 Å². The SMILES string of the molecule is CN=C(NCc1csc(C(C)C)n1)NCc1ccccc1OC.I. The smallest absolute Gasteiger partial charge is 0.191 e. The van der Waals surface area contributed by atoms with E-state index in [1.165, 1.54) is 5.01 Å². The summed E-state index contributed by atoms with van der Waals surface area (Å²) in [5.41, 5.74) is 2.13. The first kappa shape index (κ1) is 20.7. The highest BCUT2D eigenvalue weighted by atomic mass is 127. The van der Waals surface area contributed by atoms with Gasteiger partial charge in [-0.05, 0) is 6.07 Å². The summed E-state index contributed by atoms with van der Waals surface area (Å²) < 4.78 is 5.36. The minimum absolute atomic E-state index is 0. The van der Waals surface area contributed by atoms with Crippen LogP contribution in [0.25, 0.3) is 0 Å². The highest BCUT2D eigenvalue weighted by molar-refractivity contribution is 14.0. The van der Waals surface area contributed by atoms with E-state index in [-0.39, 0.29) is 24.0 Å². The van der Waals surface area contributed by atoms with Crippen molar-refractivity contribution in [1.82, 2.24) is 15.6 Å². The zero-order chi connectivity index (χ0) is 16.7. The Morgan fingerprint density at radius 1 is 1.25 bits per heavy atom. The summed E-state index contributed by atoms with van der Waals surface area (Å²) in [4.78, 5) is 8.86. The molecule has 2 rings (SSSR count). The van der Waals surface area contributed by atoms with Crippen LogP contribution in [-0.4, -0.2) is 25.1 Å². The molecule has 0 saturated heterocycles. The second-order valence-electron chi connectivity index (χ2n) is 5.42. The van der Waals surface area contributed by atoms with Crippen LogP contribution in [0, 0.1) is 0 Å². The third kappa shape index (κ3) is 5.94. The van der Waals surface area contributed by atoms with E-state index in [4.69, 9.17) is 4.74 Å². The van der Waals surface area contributed by atoms with Crippen LogP contribution in [0.15, 0.2) is 34.6 Å². The van der Waals surface area contributed by atoms with Gasteiger partial charge in [-0.3, -0.25) is 4.99 Å². The van der Waals surface area contributed by atoms with E-state index in [2.05, 4.69) is 39.8 Å². The van der Waals surface area contributed by atoms with Crippen LogP contribution < -0.4 is 15.4 Å². The van der Waals surface area contributed by atoms with E-state index >= 15 is 0 Å². The first-order valence-corrected chi connectivity index (χ1v) is 8.52. The summed E-state index contributed by atoms with van der Waals surface area (Å²) in [7, 11) is 3.44. The van der Waals surface area contributed by atoms with Crippen molar-refractivity contribution in [2.24, 2.45) is 4.99 Å². The molecular weight excluding hydrogens is 435 g/mol. The second kappa shape index (κ2) is 10.5. The average molecular weight is 460 g/mol. The van der Waals surface area contributed by atoms with E-state index in [0.29, 0.717) is 19.0 Å². The molecule has 1 aromatic carbocycles. The van der Waals surface area contributed by atoms with Gasteiger partial charge in [0.15, 0.2) is 5.96 Å². The van der Waals surface area contributed by atoms with Crippen molar-refractivity contribution in [1.29, 1.82) is 0 Å². The molecule has 0 radical (unpaired) electrons. The number of benzene rings is 1. The van der Waals surface area contributed by atoms with E-state index in [0.717, 1.165) is 23.0 Å². The highest BCUT2D eigenvalue weighted by Crippen LogP contribution is 2.19. The molecule has 5 nitrogen and oxygen atoms in total. The Bertz CT molecular complexity index is 658. The number of nitrogens with one attached hydrogen (secondary N) is 2. The molecule has 0 unspecified atom stereocenters. The number of hydrogen-bond acceptors (Lipinski definition) is 4. The van der Waals surface area contributed by atoms with Crippen molar-refractivity contribution in [2.45, 2.75) is 32.9 Å². The minimum Gasteiger partial charge on any atom is -0.496 e. The summed E-state index contributed by atoms with van der Waals surface area (Å²) in [6.07, 6.45) is 0. The predicted molar refractivity (Wildman–Crippen MR) is 112 cm³/mol. The van der Waals surface area contributed by atoms with Crippen LogP contribution in [0.2, 0.25) is 0 Å². The van der Waals surface area contributed by atoms with Gasteiger partial charge in [0, 0.05) is 30.5 Å². The van der Waals surface area contributed by atoms with Gasteiger partial charge in [-0.15, -0.1) is 35.3 Å². The normalized spacial score (nSPS) is 11.1. The van der Waals surface area contributed by atoms with Gasteiger partial charge in [0.1, 0.15) is 5.75 Å². The lowest BCUT2D eigenvalue weighted by Gasteiger charge is -2.13. The number of guanidine groups is 1. The van der Waals surface area contributed by atoms with Crippen molar-refractivity contribution in [3.05, 3.63) is 45.9 Å². The van der Waals surface area contributed by atoms with E-state index < -0.39 is 0 Å². The molecule has 0 amide bonds. The number of thiazole rings is 1. The number of aliphatic imine (C=N–C) groups is 1. The fraction of sp³-hybridized carbons (Fsp3) is 0.412. The van der Waals surface area contributed by atoms with Crippen LogP contribution in [0.4, 0.5) is 0 Å². The number of rotatable bonds is 6. The van der Waals surface area contributed by atoms with Gasteiger partial charge >= 0.3 is 0 Å². The summed E-state index contributed by atoms with van der Waals surface area (Å²) in [6, 6.07) is 7.95. The zero-order valence-corrected chi connectivity index (χ0v) is 17.6. The molecule has 132 valence electrons. The van der Waals surface area contributed by atoms with E-state index in [1.807, 2.05) is 24.3 Å². The van der Waals surface area contributed by atoms with Crippen molar-refractivity contribution < 1.29 is 4.74 Å². The quantitative estimate of drug-likeness (QED) is 0.392. The molecule has 0 saturated carbocycles. The van der Waals surface area contributed by atoms with Gasteiger partial charge in [0.25, 0.3) is 0 Å². The number of halogens is 1. The molecule has 0 fully saturated rings. The Morgan fingerprint density at radius 3 is 2.58 bits per heavy atom. The van der Waals surface area contributed by atoms with Gasteiger partial charge in [-0.2, -0.15) is 0 Å². The molecule has 0 bridgehead atoms. The molecule has 1 aromatic heterocycles. The maximum Gasteiger partial charge on any atom is 0.191 e. The monoisotopic (exact) mass is 460 g/mol. The third-order valence-electron chi connectivity index (χ3n) is 3.36. The van der Waals surface area contributed by atoms with Gasteiger partial charge in [0.05, 0.1) is 24.4 Å². The standard InChI is InChI=1S/C17H24N4OS.HI/c1-12(2)16-21-14(11-23-16)10-20-17(18-3)19-9-13-7-5-6-8-15(13)22-4;/h5-8,11-12H,9-10H2,1-4H3,(H2,18,19,20);1H. The lowest BCUT2D eigenvalue weighted by atomic mass is 10.2. The van der Waals surface area contributed by atoms with Crippen molar-refractivity contribution in [3.63, 3.8) is 0 Å². The van der Waals surface area contributed by atoms with Crippen LogP contribution in [0.5, 0.6) is 5.75 Å². The van der Waals surface area contributed by atoms with Crippen LogP contribution in [-0.2, 0) is 13.1 Å². The molecule has 2 N–H and O–H groups in total. The van der Waals surface area contributed by atoms with Gasteiger partial charge < -0.3 is 15.4 Å². The summed E-state index contributed by atoms with van der Waals surface area (Å²) >= 11 is 1.70.